The number of hydrogen-bond donors (Lipinski definition) is 1. The molecule has 1 aliphatic carbocycles. The zero-order valence-corrected chi connectivity index (χ0v) is 20.9. The van der Waals surface area contributed by atoms with E-state index in [9.17, 15) is 18.8 Å². The Hall–Kier alpha value is -3.49. The van der Waals surface area contributed by atoms with Crippen molar-refractivity contribution >= 4 is 17.5 Å². The number of nitrogens with one attached hydrogen (secondary N) is 1. The highest BCUT2D eigenvalue weighted by Gasteiger charge is 2.37. The molecule has 194 valence electrons. The maximum absolute atomic E-state index is 13.5. The number of carbonyl (C=O) groups excluding carboxylic acids is 2. The number of aromatic amines is 1. The summed E-state index contributed by atoms with van der Waals surface area (Å²) in [4.78, 5) is 46.5. The molecule has 9 heteroatoms. The minimum atomic E-state index is -0.490. The lowest BCUT2D eigenvalue weighted by Gasteiger charge is -2.37. The first-order chi connectivity index (χ1) is 18.0. The number of amides is 2. The molecule has 2 saturated heterocycles. The van der Waals surface area contributed by atoms with E-state index in [4.69, 9.17) is 0 Å². The minimum Gasteiger partial charge on any atom is -0.339 e. The molecule has 1 saturated carbocycles. The number of fused-ring (bicyclic) bond motifs is 1. The zero-order chi connectivity index (χ0) is 25.5. The molecule has 0 spiro atoms. The normalized spacial score (nSPS) is 18.9. The highest BCUT2D eigenvalue weighted by molar-refractivity contribution is 6.10. The Kier molecular flexibility index (Phi) is 6.30. The summed E-state index contributed by atoms with van der Waals surface area (Å²) in [5.74, 6) is -0.367. The summed E-state index contributed by atoms with van der Waals surface area (Å²) in [6.45, 7) is 1.28. The predicted octanol–water partition coefficient (Wildman–Crippen LogP) is 4.01. The second-order valence-corrected chi connectivity index (χ2v) is 10.7. The van der Waals surface area contributed by atoms with E-state index >= 15 is 0 Å². The van der Waals surface area contributed by atoms with Crippen molar-refractivity contribution in [1.29, 1.82) is 0 Å². The number of aromatic nitrogens is 3. The second kappa shape index (κ2) is 9.76. The van der Waals surface area contributed by atoms with Crippen LogP contribution in [0.2, 0.25) is 0 Å². The van der Waals surface area contributed by atoms with E-state index in [1.165, 1.54) is 48.6 Å². The molecule has 3 aromatic rings. The molecule has 3 fully saturated rings. The molecule has 0 unspecified atom stereocenters. The van der Waals surface area contributed by atoms with Crippen LogP contribution in [0.1, 0.15) is 77.3 Å². The third-order valence-corrected chi connectivity index (χ3v) is 8.19. The summed E-state index contributed by atoms with van der Waals surface area (Å²) >= 11 is 0. The van der Waals surface area contributed by atoms with E-state index in [1.54, 1.807) is 4.90 Å². The number of H-pyrrole nitrogens is 1. The largest absolute Gasteiger partial charge is 0.339 e. The monoisotopic (exact) mass is 505 g/mol. The van der Waals surface area contributed by atoms with Gasteiger partial charge in [-0.25, -0.2) is 0 Å². The van der Waals surface area contributed by atoms with E-state index in [-0.39, 0.29) is 41.8 Å². The summed E-state index contributed by atoms with van der Waals surface area (Å²) in [7, 11) is 0. The van der Waals surface area contributed by atoms with Gasteiger partial charge in [-0.3, -0.25) is 18.8 Å². The van der Waals surface area contributed by atoms with Gasteiger partial charge in [0.15, 0.2) is 11.3 Å². The van der Waals surface area contributed by atoms with Crippen LogP contribution in [-0.4, -0.2) is 69.1 Å². The fourth-order valence-electron chi connectivity index (χ4n) is 5.98. The van der Waals surface area contributed by atoms with Crippen LogP contribution in [0.25, 0.3) is 16.9 Å². The number of likely N-dealkylation sites (tertiary alicyclic amines) is 2. The molecule has 0 radical (unpaired) electrons. The average Bonchev–Trinajstić information content (AvgIpc) is 3.57. The molecular weight excluding hydrogens is 473 g/mol. The molecule has 3 aliphatic rings. The highest BCUT2D eigenvalue weighted by atomic mass is 19.1. The first kappa shape index (κ1) is 23.9. The number of benzene rings is 1. The van der Waals surface area contributed by atoms with Crippen molar-refractivity contribution in [3.05, 3.63) is 57.5 Å². The van der Waals surface area contributed by atoms with Gasteiger partial charge in [-0.1, -0.05) is 43.5 Å². The smallest absolute Gasteiger partial charge is 0.275 e. The first-order valence-electron chi connectivity index (χ1n) is 13.4. The number of carbonyl (C=O) groups is 2. The fourth-order valence-corrected chi connectivity index (χ4v) is 5.98. The number of alkyl halides is 1. The van der Waals surface area contributed by atoms with Gasteiger partial charge in [-0.05, 0) is 42.7 Å². The van der Waals surface area contributed by atoms with Gasteiger partial charge in [0.05, 0.1) is 12.4 Å². The van der Waals surface area contributed by atoms with Crippen molar-refractivity contribution < 1.29 is 14.0 Å². The number of nitrogens with zero attached hydrogens (tertiary/aromatic N) is 4. The summed E-state index contributed by atoms with van der Waals surface area (Å²) in [6.07, 6.45) is 8.02. The Balaban J connectivity index is 1.40. The minimum absolute atomic E-state index is 0.0197. The summed E-state index contributed by atoms with van der Waals surface area (Å²) in [6, 6.07) is 9.70. The van der Waals surface area contributed by atoms with Crippen molar-refractivity contribution in [2.75, 3.05) is 32.9 Å². The van der Waals surface area contributed by atoms with Crippen molar-refractivity contribution in [2.24, 2.45) is 5.92 Å². The van der Waals surface area contributed by atoms with E-state index in [1.807, 2.05) is 12.1 Å². The van der Waals surface area contributed by atoms with Crippen LogP contribution in [0.15, 0.2) is 35.1 Å². The lowest BCUT2D eigenvalue weighted by Crippen LogP contribution is -2.51. The van der Waals surface area contributed by atoms with E-state index in [2.05, 4.69) is 22.2 Å². The molecule has 2 aliphatic heterocycles. The maximum atomic E-state index is 13.5. The Bertz CT molecular complexity index is 1380. The molecule has 8 nitrogen and oxygen atoms in total. The van der Waals surface area contributed by atoms with Crippen LogP contribution in [0.4, 0.5) is 4.39 Å². The predicted molar refractivity (Wildman–Crippen MR) is 138 cm³/mol. The fraction of sp³-hybridized carbons (Fsp3) is 0.500. The number of halogens is 1. The van der Waals surface area contributed by atoms with E-state index in [0.717, 1.165) is 22.9 Å². The molecule has 1 N–H and O–H groups in total. The summed E-state index contributed by atoms with van der Waals surface area (Å²) < 4.78 is 14.2. The second-order valence-electron chi connectivity index (χ2n) is 10.7. The third-order valence-electron chi connectivity index (χ3n) is 8.19. The van der Waals surface area contributed by atoms with Crippen LogP contribution in [-0.2, 0) is 0 Å². The van der Waals surface area contributed by atoms with Crippen LogP contribution in [0, 0.1) is 5.92 Å². The van der Waals surface area contributed by atoms with Crippen molar-refractivity contribution in [2.45, 2.75) is 50.9 Å². The number of rotatable bonds is 5. The van der Waals surface area contributed by atoms with E-state index in [0.29, 0.717) is 24.7 Å². The zero-order valence-electron chi connectivity index (χ0n) is 20.9. The summed E-state index contributed by atoms with van der Waals surface area (Å²) in [5, 5.41) is 4.33. The van der Waals surface area contributed by atoms with Gasteiger partial charge in [-0.2, -0.15) is 9.61 Å². The lowest BCUT2D eigenvalue weighted by molar-refractivity contribution is 0.0450. The van der Waals surface area contributed by atoms with Crippen LogP contribution >= 0.6 is 0 Å². The van der Waals surface area contributed by atoms with Gasteiger partial charge >= 0.3 is 0 Å². The molecule has 6 rings (SSSR count). The summed E-state index contributed by atoms with van der Waals surface area (Å²) in [5.41, 5.74) is 2.56. The van der Waals surface area contributed by atoms with Gasteiger partial charge < -0.3 is 14.8 Å². The van der Waals surface area contributed by atoms with Gasteiger partial charge in [0.25, 0.3) is 17.4 Å². The molecule has 2 aromatic heterocycles. The lowest BCUT2D eigenvalue weighted by atomic mass is 9.84. The molecule has 1 aromatic carbocycles. The van der Waals surface area contributed by atoms with Crippen LogP contribution in [0.5, 0.6) is 0 Å². The van der Waals surface area contributed by atoms with Crippen LogP contribution < -0.4 is 5.56 Å². The molecule has 4 heterocycles. The maximum Gasteiger partial charge on any atom is 0.275 e. The molecule has 0 bridgehead atoms. The van der Waals surface area contributed by atoms with Crippen molar-refractivity contribution in [3.8, 4) is 11.3 Å². The topological polar surface area (TPSA) is 90.8 Å². The SMILES string of the molecule is O=C(c1nn2c(=O)cc(-c3ccc(C4CCCCC4)cc3)[nH]c2c1C(=O)N1CC(CF)C1)N1CCCC1. The van der Waals surface area contributed by atoms with Crippen LogP contribution in [0.3, 0.4) is 0 Å². The Morgan fingerprint density at radius 1 is 0.946 bits per heavy atom. The van der Waals surface area contributed by atoms with Gasteiger partial charge in [-0.15, -0.1) is 0 Å². The van der Waals surface area contributed by atoms with Crippen molar-refractivity contribution in [1.82, 2.24) is 24.4 Å². The standard InChI is InChI=1S/C28H32FN5O3/c29-15-18-16-33(17-18)27(36)24-25(28(37)32-12-4-5-13-32)31-34-23(35)14-22(30-26(24)34)21-10-8-20(9-11-21)19-6-2-1-3-7-19/h8-11,14,18-19,30H,1-7,12-13,15-17H2. The van der Waals surface area contributed by atoms with Gasteiger partial charge in [0.2, 0.25) is 0 Å². The molecular formula is C28H32FN5O3. The van der Waals surface area contributed by atoms with E-state index < -0.39 is 18.1 Å². The van der Waals surface area contributed by atoms with Gasteiger partial charge in [0, 0.05) is 38.2 Å². The average molecular weight is 506 g/mol. The molecule has 37 heavy (non-hydrogen) atoms. The van der Waals surface area contributed by atoms with Crippen molar-refractivity contribution in [3.63, 3.8) is 0 Å². The molecule has 0 atom stereocenters. The highest BCUT2D eigenvalue weighted by Crippen LogP contribution is 2.33. The number of hydrogen-bond acceptors (Lipinski definition) is 4. The van der Waals surface area contributed by atoms with Gasteiger partial charge in [0.1, 0.15) is 5.56 Å². The quantitative estimate of drug-likeness (QED) is 0.567. The Morgan fingerprint density at radius 3 is 2.32 bits per heavy atom. The Morgan fingerprint density at radius 2 is 1.65 bits per heavy atom. The molecule has 2 amide bonds. The third kappa shape index (κ3) is 4.34. The Labute approximate surface area is 214 Å². The first-order valence-corrected chi connectivity index (χ1v) is 13.4.